The molecule has 1 saturated heterocycles. The molecule has 1 aliphatic rings. The van der Waals surface area contributed by atoms with Crippen molar-refractivity contribution in [1.29, 1.82) is 0 Å². The zero-order chi connectivity index (χ0) is 5.28. The van der Waals surface area contributed by atoms with Gasteiger partial charge in [-0.05, 0) is 6.92 Å². The first-order valence-corrected chi connectivity index (χ1v) is 4.72. The Hall–Kier alpha value is 0.500. The molecule has 3 heteroatoms. The van der Waals surface area contributed by atoms with Crippen LogP contribution in [0.15, 0.2) is 0 Å². The molecular formula is C4H8OS2. The van der Waals surface area contributed by atoms with Gasteiger partial charge in [-0.15, -0.1) is 11.8 Å². The van der Waals surface area contributed by atoms with Crippen molar-refractivity contribution in [3.8, 4) is 0 Å². The van der Waals surface area contributed by atoms with E-state index in [2.05, 4.69) is 0 Å². The molecule has 0 aromatic rings. The second-order valence-corrected chi connectivity index (χ2v) is 5.15. The minimum Gasteiger partial charge on any atom is -0.258 e. The number of rotatable bonds is 0. The van der Waals surface area contributed by atoms with Gasteiger partial charge in [-0.25, -0.2) is 0 Å². The van der Waals surface area contributed by atoms with E-state index in [9.17, 15) is 4.21 Å². The van der Waals surface area contributed by atoms with Gasteiger partial charge in [-0.2, -0.15) is 0 Å². The molecule has 1 aliphatic heterocycles. The SMILES string of the molecule is CC1SCCS1=O. The predicted molar refractivity (Wildman–Crippen MR) is 34.9 cm³/mol. The number of hydrogen-bond acceptors (Lipinski definition) is 2. The maximum absolute atomic E-state index is 10.7. The summed E-state index contributed by atoms with van der Waals surface area (Å²) in [6.07, 6.45) is 0. The molecule has 0 aromatic heterocycles. The highest BCUT2D eigenvalue weighted by Crippen LogP contribution is 2.21. The summed E-state index contributed by atoms with van der Waals surface area (Å²) in [5.74, 6) is 2.00. The molecule has 1 fully saturated rings. The van der Waals surface area contributed by atoms with E-state index in [1.165, 1.54) is 0 Å². The largest absolute Gasteiger partial charge is 0.258 e. The van der Waals surface area contributed by atoms with Crippen molar-refractivity contribution in [3.63, 3.8) is 0 Å². The van der Waals surface area contributed by atoms with Crippen LogP contribution < -0.4 is 0 Å². The van der Waals surface area contributed by atoms with Crippen LogP contribution in [0.2, 0.25) is 0 Å². The van der Waals surface area contributed by atoms with Gasteiger partial charge >= 0.3 is 0 Å². The normalized spacial score (nSPS) is 41.9. The van der Waals surface area contributed by atoms with Gasteiger partial charge in [-0.1, -0.05) is 0 Å². The molecule has 0 saturated carbocycles. The minimum atomic E-state index is -0.505. The van der Waals surface area contributed by atoms with Gasteiger partial charge in [0, 0.05) is 22.3 Å². The minimum absolute atomic E-state index is 0.403. The van der Waals surface area contributed by atoms with Crippen molar-refractivity contribution in [3.05, 3.63) is 0 Å². The molecule has 1 rings (SSSR count). The van der Waals surface area contributed by atoms with Crippen LogP contribution in [0.1, 0.15) is 6.92 Å². The van der Waals surface area contributed by atoms with Crippen molar-refractivity contribution in [2.75, 3.05) is 11.5 Å². The van der Waals surface area contributed by atoms with E-state index in [0.29, 0.717) is 4.58 Å². The lowest BCUT2D eigenvalue weighted by Gasteiger charge is -1.92. The fourth-order valence-electron chi connectivity index (χ4n) is 0.538. The fourth-order valence-corrected chi connectivity index (χ4v) is 3.43. The summed E-state index contributed by atoms with van der Waals surface area (Å²) in [6, 6.07) is 0. The molecule has 0 aromatic carbocycles. The third-order valence-electron chi connectivity index (χ3n) is 1.01. The van der Waals surface area contributed by atoms with Crippen molar-refractivity contribution >= 4 is 22.6 Å². The highest BCUT2D eigenvalue weighted by atomic mass is 32.2. The predicted octanol–water partition coefficient (Wildman–Crippen LogP) is 0.828. The van der Waals surface area contributed by atoms with Crippen LogP contribution in [0.5, 0.6) is 0 Å². The fraction of sp³-hybridized carbons (Fsp3) is 1.00. The van der Waals surface area contributed by atoms with Gasteiger partial charge in [0.25, 0.3) is 0 Å². The first kappa shape index (κ1) is 5.63. The zero-order valence-electron chi connectivity index (χ0n) is 4.22. The summed E-state index contributed by atoms with van der Waals surface area (Å²) in [5, 5.41) is 0. The maximum atomic E-state index is 10.7. The van der Waals surface area contributed by atoms with Crippen LogP contribution >= 0.6 is 11.8 Å². The summed E-state index contributed by atoms with van der Waals surface area (Å²) < 4.78 is 11.1. The van der Waals surface area contributed by atoms with E-state index in [0.717, 1.165) is 11.5 Å². The van der Waals surface area contributed by atoms with Crippen LogP contribution in [0.3, 0.4) is 0 Å². The molecular weight excluding hydrogens is 128 g/mol. The van der Waals surface area contributed by atoms with Crippen molar-refractivity contribution in [2.45, 2.75) is 11.5 Å². The lowest BCUT2D eigenvalue weighted by molar-refractivity contribution is 0.684. The van der Waals surface area contributed by atoms with Gasteiger partial charge in [0.1, 0.15) is 0 Å². The molecule has 0 amide bonds. The zero-order valence-corrected chi connectivity index (χ0v) is 5.85. The number of hydrogen-bond donors (Lipinski definition) is 0. The van der Waals surface area contributed by atoms with Gasteiger partial charge in [0.15, 0.2) is 0 Å². The summed E-state index contributed by atoms with van der Waals surface area (Å²) in [7, 11) is -0.505. The lowest BCUT2D eigenvalue weighted by atomic mass is 11.0. The lowest BCUT2D eigenvalue weighted by Crippen LogP contribution is -1.98. The summed E-state index contributed by atoms with van der Waals surface area (Å²) in [4.78, 5) is 0. The van der Waals surface area contributed by atoms with E-state index in [1.807, 2.05) is 6.92 Å². The van der Waals surface area contributed by atoms with Crippen LogP contribution in [0.4, 0.5) is 0 Å². The molecule has 1 nitrogen and oxygen atoms in total. The summed E-state index contributed by atoms with van der Waals surface area (Å²) in [6.45, 7) is 2.02. The first-order chi connectivity index (χ1) is 3.30. The van der Waals surface area contributed by atoms with Gasteiger partial charge < -0.3 is 0 Å². The highest BCUT2D eigenvalue weighted by Gasteiger charge is 2.17. The molecule has 42 valence electrons. The van der Waals surface area contributed by atoms with Crippen LogP contribution in [-0.2, 0) is 10.8 Å². The smallest absolute Gasteiger partial charge is 0.0773 e. The Morgan fingerprint density at radius 3 is 2.71 bits per heavy atom. The molecule has 2 atom stereocenters. The molecule has 1 heterocycles. The van der Waals surface area contributed by atoms with Gasteiger partial charge in [-0.3, -0.25) is 4.21 Å². The third kappa shape index (κ3) is 1.19. The molecule has 0 bridgehead atoms. The van der Waals surface area contributed by atoms with Crippen LogP contribution in [0.25, 0.3) is 0 Å². The molecule has 0 N–H and O–H groups in total. The molecule has 0 aliphatic carbocycles. The first-order valence-electron chi connectivity index (χ1n) is 2.29. The summed E-state index contributed by atoms with van der Waals surface area (Å²) in [5.41, 5.74) is 0. The third-order valence-corrected chi connectivity index (χ3v) is 4.57. The van der Waals surface area contributed by atoms with E-state index < -0.39 is 10.8 Å². The number of thioether (sulfide) groups is 1. The van der Waals surface area contributed by atoms with E-state index >= 15 is 0 Å². The van der Waals surface area contributed by atoms with E-state index in [1.54, 1.807) is 11.8 Å². The van der Waals surface area contributed by atoms with Crippen molar-refractivity contribution in [1.82, 2.24) is 0 Å². The Labute approximate surface area is 50.3 Å². The van der Waals surface area contributed by atoms with Gasteiger partial charge in [0.05, 0.1) is 4.58 Å². The second-order valence-electron chi connectivity index (χ2n) is 1.52. The molecule has 7 heavy (non-hydrogen) atoms. The van der Waals surface area contributed by atoms with Crippen LogP contribution in [-0.4, -0.2) is 20.3 Å². The Morgan fingerprint density at radius 2 is 2.57 bits per heavy atom. The van der Waals surface area contributed by atoms with E-state index in [-0.39, 0.29) is 0 Å². The monoisotopic (exact) mass is 136 g/mol. The molecule has 0 spiro atoms. The Balaban J connectivity index is 2.48. The van der Waals surface area contributed by atoms with E-state index in [4.69, 9.17) is 0 Å². The molecule has 2 unspecified atom stereocenters. The second kappa shape index (κ2) is 2.18. The topological polar surface area (TPSA) is 17.1 Å². The maximum Gasteiger partial charge on any atom is 0.0773 e. The van der Waals surface area contributed by atoms with Crippen molar-refractivity contribution in [2.24, 2.45) is 0 Å². The summed E-state index contributed by atoms with van der Waals surface area (Å²) >= 11 is 1.81. The van der Waals surface area contributed by atoms with Crippen LogP contribution in [0, 0.1) is 0 Å². The average molecular weight is 136 g/mol. The Kier molecular flexibility index (Phi) is 1.75. The highest BCUT2D eigenvalue weighted by molar-refractivity contribution is 8.14. The average Bonchev–Trinajstić information content (AvgIpc) is 1.91. The van der Waals surface area contributed by atoms with Crippen molar-refractivity contribution < 1.29 is 4.21 Å². The Bertz CT molecular complexity index is 91.7. The standard InChI is InChI=1S/C4H8OS2/c1-4-6-2-3-7(4)5/h4H,2-3H2,1H3. The quantitative estimate of drug-likeness (QED) is 0.490. The van der Waals surface area contributed by atoms with Gasteiger partial charge in [0.2, 0.25) is 0 Å². The Morgan fingerprint density at radius 1 is 1.86 bits per heavy atom. The molecule has 0 radical (unpaired) electrons.